The zero-order valence-corrected chi connectivity index (χ0v) is 14.3. The highest BCUT2D eigenvalue weighted by Gasteiger charge is 2.15. The van der Waals surface area contributed by atoms with Crippen LogP contribution in [0, 0.1) is 13.8 Å². The number of thiazole rings is 1. The number of carbonyl (C=O) groups is 1. The summed E-state index contributed by atoms with van der Waals surface area (Å²) in [6.45, 7) is 3.97. The monoisotopic (exact) mass is 342 g/mol. The van der Waals surface area contributed by atoms with Crippen LogP contribution in [0.2, 0.25) is 0 Å². The third-order valence-electron chi connectivity index (χ3n) is 3.75. The number of nitrogens with zero attached hydrogens (tertiary/aromatic N) is 1. The van der Waals surface area contributed by atoms with Crippen molar-refractivity contribution in [2.45, 2.75) is 27.0 Å². The molecule has 0 aliphatic heterocycles. The fraction of sp³-hybridized carbons (Fsp3) is 0.222. The highest BCUT2D eigenvalue weighted by Crippen LogP contribution is 2.27. The van der Waals surface area contributed by atoms with Crippen LogP contribution in [0.5, 0.6) is 0 Å². The lowest BCUT2D eigenvalue weighted by molar-refractivity contribution is 0.0917. The number of hydrogen-bond acceptors (Lipinski definition) is 5. The minimum Gasteiger partial charge on any atom is -0.453 e. The van der Waals surface area contributed by atoms with E-state index in [1.807, 2.05) is 36.7 Å². The maximum absolute atomic E-state index is 12.2. The smallest absolute Gasteiger partial charge is 0.287 e. The summed E-state index contributed by atoms with van der Waals surface area (Å²) in [7, 11) is 0. The standard InChI is InChI=1S/C18H18N2O3S/c1-11-7-15(9-21)23-16(11)18(22)19-8-13-3-5-14(6-4-13)17-12(2)20-10-24-17/h3-7,10,21H,8-9H2,1-2H3,(H,19,22). The molecule has 0 radical (unpaired) electrons. The lowest BCUT2D eigenvalue weighted by Crippen LogP contribution is -2.22. The Morgan fingerprint density at radius 3 is 2.62 bits per heavy atom. The summed E-state index contributed by atoms with van der Waals surface area (Å²) in [5, 5.41) is 11.9. The van der Waals surface area contributed by atoms with Gasteiger partial charge in [-0.2, -0.15) is 0 Å². The van der Waals surface area contributed by atoms with Gasteiger partial charge in [-0.15, -0.1) is 11.3 Å². The lowest BCUT2D eigenvalue weighted by atomic mass is 10.1. The van der Waals surface area contributed by atoms with E-state index >= 15 is 0 Å². The first-order valence-corrected chi connectivity index (χ1v) is 8.44. The van der Waals surface area contributed by atoms with Crippen molar-refractivity contribution in [1.29, 1.82) is 0 Å². The van der Waals surface area contributed by atoms with Crippen molar-refractivity contribution in [2.75, 3.05) is 0 Å². The number of aromatic nitrogens is 1. The molecule has 2 heterocycles. The number of amides is 1. The molecule has 3 aromatic rings. The van der Waals surface area contributed by atoms with Gasteiger partial charge in [0.25, 0.3) is 5.91 Å². The molecule has 24 heavy (non-hydrogen) atoms. The third kappa shape index (κ3) is 3.39. The molecule has 0 saturated heterocycles. The Kier molecular flexibility index (Phi) is 4.78. The van der Waals surface area contributed by atoms with E-state index in [4.69, 9.17) is 9.52 Å². The molecule has 0 fully saturated rings. The molecular formula is C18H18N2O3S. The first-order chi connectivity index (χ1) is 11.6. The average molecular weight is 342 g/mol. The molecular weight excluding hydrogens is 324 g/mol. The Morgan fingerprint density at radius 2 is 2.04 bits per heavy atom. The Labute approximate surface area is 144 Å². The second-order valence-electron chi connectivity index (χ2n) is 5.53. The SMILES string of the molecule is Cc1cc(CO)oc1C(=O)NCc1ccc(-c2scnc2C)cc1. The summed E-state index contributed by atoms with van der Waals surface area (Å²) in [4.78, 5) is 17.6. The summed E-state index contributed by atoms with van der Waals surface area (Å²) in [5.74, 6) is 0.354. The van der Waals surface area contributed by atoms with E-state index in [-0.39, 0.29) is 18.3 Å². The van der Waals surface area contributed by atoms with E-state index in [2.05, 4.69) is 10.3 Å². The summed E-state index contributed by atoms with van der Waals surface area (Å²) < 4.78 is 5.33. The number of hydrogen-bond donors (Lipinski definition) is 2. The van der Waals surface area contributed by atoms with Crippen molar-refractivity contribution in [3.63, 3.8) is 0 Å². The molecule has 0 bridgehead atoms. The number of carbonyl (C=O) groups excluding carboxylic acids is 1. The molecule has 6 heteroatoms. The Morgan fingerprint density at radius 1 is 1.29 bits per heavy atom. The van der Waals surface area contributed by atoms with Crippen molar-refractivity contribution < 1.29 is 14.3 Å². The number of aliphatic hydroxyl groups excluding tert-OH is 1. The van der Waals surface area contributed by atoms with Gasteiger partial charge < -0.3 is 14.8 Å². The van der Waals surface area contributed by atoms with Crippen molar-refractivity contribution >= 4 is 17.2 Å². The molecule has 1 aromatic carbocycles. The fourth-order valence-corrected chi connectivity index (χ4v) is 3.28. The van der Waals surface area contributed by atoms with Gasteiger partial charge in [-0.3, -0.25) is 4.79 Å². The molecule has 2 aromatic heterocycles. The highest BCUT2D eigenvalue weighted by atomic mass is 32.1. The highest BCUT2D eigenvalue weighted by molar-refractivity contribution is 7.13. The van der Waals surface area contributed by atoms with E-state index < -0.39 is 0 Å². The summed E-state index contributed by atoms with van der Waals surface area (Å²) >= 11 is 1.62. The van der Waals surface area contributed by atoms with E-state index in [9.17, 15) is 4.79 Å². The predicted octanol–water partition coefficient (Wildman–Crippen LogP) is 3.44. The topological polar surface area (TPSA) is 75.4 Å². The van der Waals surface area contributed by atoms with Crippen LogP contribution in [0.25, 0.3) is 10.4 Å². The van der Waals surface area contributed by atoms with Gasteiger partial charge in [-0.05, 0) is 31.0 Å². The molecule has 5 nitrogen and oxygen atoms in total. The number of aliphatic hydroxyl groups is 1. The van der Waals surface area contributed by atoms with Crippen LogP contribution in [-0.4, -0.2) is 16.0 Å². The van der Waals surface area contributed by atoms with E-state index in [0.29, 0.717) is 17.9 Å². The van der Waals surface area contributed by atoms with Gasteiger partial charge in [-0.1, -0.05) is 24.3 Å². The number of nitrogens with one attached hydrogen (secondary N) is 1. The van der Waals surface area contributed by atoms with Crippen LogP contribution in [0.15, 0.2) is 40.3 Å². The summed E-state index contributed by atoms with van der Waals surface area (Å²) in [6, 6.07) is 9.71. The largest absolute Gasteiger partial charge is 0.453 e. The molecule has 3 rings (SSSR count). The average Bonchev–Trinajstić information content (AvgIpc) is 3.18. The minimum absolute atomic E-state index is 0.216. The molecule has 0 aliphatic rings. The van der Waals surface area contributed by atoms with Crippen molar-refractivity contribution in [3.8, 4) is 10.4 Å². The van der Waals surface area contributed by atoms with Crippen molar-refractivity contribution in [3.05, 3.63) is 64.2 Å². The molecule has 1 amide bonds. The number of rotatable bonds is 5. The molecule has 0 aliphatic carbocycles. The molecule has 0 unspecified atom stereocenters. The van der Waals surface area contributed by atoms with Crippen LogP contribution in [0.4, 0.5) is 0 Å². The Bertz CT molecular complexity index is 850. The van der Waals surface area contributed by atoms with Gasteiger partial charge in [0.15, 0.2) is 5.76 Å². The summed E-state index contributed by atoms with van der Waals surface area (Å²) in [6.07, 6.45) is 0. The molecule has 124 valence electrons. The minimum atomic E-state index is -0.283. The van der Waals surface area contributed by atoms with Crippen LogP contribution < -0.4 is 5.32 Å². The van der Waals surface area contributed by atoms with E-state index in [0.717, 1.165) is 21.7 Å². The van der Waals surface area contributed by atoms with Gasteiger partial charge in [-0.25, -0.2) is 4.98 Å². The van der Waals surface area contributed by atoms with Gasteiger partial charge in [0, 0.05) is 12.1 Å². The quantitative estimate of drug-likeness (QED) is 0.745. The molecule has 0 spiro atoms. The van der Waals surface area contributed by atoms with Crippen molar-refractivity contribution in [1.82, 2.24) is 10.3 Å². The van der Waals surface area contributed by atoms with Gasteiger partial charge in [0.2, 0.25) is 0 Å². The normalized spacial score (nSPS) is 10.8. The first-order valence-electron chi connectivity index (χ1n) is 7.56. The van der Waals surface area contributed by atoms with Crippen LogP contribution >= 0.6 is 11.3 Å². The number of furan rings is 1. The Balaban J connectivity index is 1.65. The van der Waals surface area contributed by atoms with E-state index in [1.165, 1.54) is 0 Å². The van der Waals surface area contributed by atoms with Crippen molar-refractivity contribution in [2.24, 2.45) is 0 Å². The van der Waals surface area contributed by atoms with E-state index in [1.54, 1.807) is 24.3 Å². The lowest BCUT2D eigenvalue weighted by Gasteiger charge is -2.06. The third-order valence-corrected chi connectivity index (χ3v) is 4.72. The number of aryl methyl sites for hydroxylation is 2. The van der Waals surface area contributed by atoms with Gasteiger partial charge >= 0.3 is 0 Å². The second-order valence-corrected chi connectivity index (χ2v) is 6.38. The Hall–Kier alpha value is -2.44. The zero-order valence-electron chi connectivity index (χ0n) is 13.5. The zero-order chi connectivity index (χ0) is 17.1. The van der Waals surface area contributed by atoms with Crippen LogP contribution in [-0.2, 0) is 13.2 Å². The molecule has 0 saturated carbocycles. The molecule has 0 atom stereocenters. The predicted molar refractivity (Wildman–Crippen MR) is 92.8 cm³/mol. The maximum Gasteiger partial charge on any atom is 0.287 e. The second kappa shape index (κ2) is 6.98. The van der Waals surface area contributed by atoms with Gasteiger partial charge in [0.1, 0.15) is 12.4 Å². The first kappa shape index (κ1) is 16.4. The summed E-state index contributed by atoms with van der Waals surface area (Å²) in [5.41, 5.74) is 5.70. The van der Waals surface area contributed by atoms with Crippen LogP contribution in [0.3, 0.4) is 0 Å². The maximum atomic E-state index is 12.2. The van der Waals surface area contributed by atoms with Crippen LogP contribution in [0.1, 0.15) is 33.1 Å². The van der Waals surface area contributed by atoms with Gasteiger partial charge in [0.05, 0.1) is 16.1 Å². The number of benzene rings is 1. The fourth-order valence-electron chi connectivity index (χ4n) is 2.47. The molecule has 2 N–H and O–H groups in total.